The molecular formula is C7H9BrIN. The van der Waals surface area contributed by atoms with Crippen LogP contribution in [0.5, 0.6) is 0 Å². The molecule has 10 heavy (non-hydrogen) atoms. The Labute approximate surface area is 86.6 Å². The number of pyridine rings is 1. The molecule has 56 valence electrons. The van der Waals surface area contributed by atoms with Crippen molar-refractivity contribution in [2.45, 2.75) is 13.5 Å². The summed E-state index contributed by atoms with van der Waals surface area (Å²) in [5.41, 5.74) is 0. The van der Waals surface area contributed by atoms with E-state index >= 15 is 0 Å². The van der Waals surface area contributed by atoms with Crippen LogP contribution in [-0.2, 0) is 6.54 Å². The fourth-order valence-electron chi connectivity index (χ4n) is 0.712. The Kier molecular flexibility index (Phi) is 5.25. The van der Waals surface area contributed by atoms with Crippen LogP contribution < -0.4 is 28.5 Å². The lowest BCUT2D eigenvalue weighted by Crippen LogP contribution is -3.00. The largest absolute Gasteiger partial charge is 1.00 e. The van der Waals surface area contributed by atoms with Gasteiger partial charge >= 0.3 is 0 Å². The smallest absolute Gasteiger partial charge is 0.247 e. The number of aromatic nitrogens is 1. The van der Waals surface area contributed by atoms with Crippen LogP contribution in [0.15, 0.2) is 29.0 Å². The predicted octanol–water partition coefficient (Wildman–Crippen LogP) is -1.24. The van der Waals surface area contributed by atoms with Crippen molar-refractivity contribution in [2.75, 3.05) is 0 Å². The summed E-state index contributed by atoms with van der Waals surface area (Å²) in [6, 6.07) is 6.06. The Balaban J connectivity index is 0.000000810. The van der Waals surface area contributed by atoms with Crippen molar-refractivity contribution in [3.8, 4) is 0 Å². The standard InChI is InChI=1S/C7H9BrN.HI/c1-2-9-6-4-3-5-7(9)8;/h3-6H,2H2,1H3;1H/q+1;/p-1. The Hall–Kier alpha value is 0.360. The second-order valence-corrected chi connectivity index (χ2v) is 2.62. The predicted molar refractivity (Wildman–Crippen MR) is 40.0 cm³/mol. The molecule has 0 aliphatic heterocycles. The van der Waals surface area contributed by atoms with Gasteiger partial charge in [0, 0.05) is 28.1 Å². The molecule has 1 rings (SSSR count). The van der Waals surface area contributed by atoms with E-state index in [4.69, 9.17) is 0 Å². The minimum absolute atomic E-state index is 0. The van der Waals surface area contributed by atoms with E-state index in [-0.39, 0.29) is 24.0 Å². The van der Waals surface area contributed by atoms with E-state index in [1.54, 1.807) is 0 Å². The van der Waals surface area contributed by atoms with Crippen molar-refractivity contribution in [1.82, 2.24) is 0 Å². The van der Waals surface area contributed by atoms with Gasteiger partial charge < -0.3 is 24.0 Å². The van der Waals surface area contributed by atoms with Crippen LogP contribution >= 0.6 is 15.9 Å². The monoisotopic (exact) mass is 313 g/mol. The van der Waals surface area contributed by atoms with E-state index in [0.717, 1.165) is 11.1 Å². The average Bonchev–Trinajstić information content (AvgIpc) is 1.89. The van der Waals surface area contributed by atoms with Crippen molar-refractivity contribution >= 4 is 15.9 Å². The van der Waals surface area contributed by atoms with Crippen LogP contribution in [0.2, 0.25) is 0 Å². The van der Waals surface area contributed by atoms with Crippen LogP contribution in [0.25, 0.3) is 0 Å². The molecule has 1 aromatic heterocycles. The highest BCUT2D eigenvalue weighted by Gasteiger charge is 1.99. The summed E-state index contributed by atoms with van der Waals surface area (Å²) in [5, 5.41) is 0. The maximum atomic E-state index is 3.42. The number of hydrogen-bond acceptors (Lipinski definition) is 0. The average molecular weight is 314 g/mol. The fourth-order valence-corrected chi connectivity index (χ4v) is 1.23. The molecule has 0 fully saturated rings. The molecule has 0 bridgehead atoms. The molecule has 0 saturated carbocycles. The molecule has 0 radical (unpaired) electrons. The van der Waals surface area contributed by atoms with Crippen molar-refractivity contribution in [1.29, 1.82) is 0 Å². The van der Waals surface area contributed by atoms with Gasteiger partial charge in [-0.25, -0.2) is 0 Å². The van der Waals surface area contributed by atoms with Gasteiger partial charge in [-0.2, -0.15) is 4.57 Å². The molecule has 0 atom stereocenters. The molecule has 3 heteroatoms. The Morgan fingerprint density at radius 2 is 2.20 bits per heavy atom. The van der Waals surface area contributed by atoms with Gasteiger partial charge in [0.2, 0.25) is 4.60 Å². The molecular weight excluding hydrogens is 305 g/mol. The zero-order valence-corrected chi connectivity index (χ0v) is 9.46. The molecule has 0 N–H and O–H groups in total. The van der Waals surface area contributed by atoms with Gasteiger partial charge in [-0.1, -0.05) is 0 Å². The minimum atomic E-state index is 0. The minimum Gasteiger partial charge on any atom is -1.00 e. The highest BCUT2D eigenvalue weighted by atomic mass is 127. The number of nitrogens with zero attached hydrogens (tertiary/aromatic N) is 1. The van der Waals surface area contributed by atoms with Gasteiger partial charge in [0.25, 0.3) is 0 Å². The highest BCUT2D eigenvalue weighted by molar-refractivity contribution is 9.10. The molecule has 0 aliphatic carbocycles. The van der Waals surface area contributed by atoms with Crippen LogP contribution in [0, 0.1) is 0 Å². The molecule has 1 heterocycles. The van der Waals surface area contributed by atoms with E-state index in [9.17, 15) is 0 Å². The Bertz CT molecular complexity index is 203. The Morgan fingerprint density at radius 3 is 2.60 bits per heavy atom. The van der Waals surface area contributed by atoms with Gasteiger partial charge in [-0.15, -0.1) is 0 Å². The summed E-state index contributed by atoms with van der Waals surface area (Å²) in [6.07, 6.45) is 2.05. The lowest BCUT2D eigenvalue weighted by atomic mass is 10.5. The zero-order chi connectivity index (χ0) is 6.69. The number of hydrogen-bond donors (Lipinski definition) is 0. The number of aryl methyl sites for hydroxylation is 1. The lowest BCUT2D eigenvalue weighted by molar-refractivity contribution is -0.704. The van der Waals surface area contributed by atoms with Crippen molar-refractivity contribution in [2.24, 2.45) is 0 Å². The molecule has 0 unspecified atom stereocenters. The Morgan fingerprint density at radius 1 is 1.50 bits per heavy atom. The van der Waals surface area contributed by atoms with E-state index < -0.39 is 0 Å². The maximum Gasteiger partial charge on any atom is 0.247 e. The summed E-state index contributed by atoms with van der Waals surface area (Å²) in [4.78, 5) is 0. The van der Waals surface area contributed by atoms with Crippen LogP contribution in [-0.4, -0.2) is 0 Å². The molecule has 1 nitrogen and oxygen atoms in total. The molecule has 0 saturated heterocycles. The van der Waals surface area contributed by atoms with Gasteiger partial charge in [0.15, 0.2) is 6.20 Å². The molecule has 0 aliphatic rings. The molecule has 1 aromatic rings. The van der Waals surface area contributed by atoms with Gasteiger partial charge in [0.1, 0.15) is 6.54 Å². The second-order valence-electron chi connectivity index (χ2n) is 1.81. The van der Waals surface area contributed by atoms with E-state index in [1.807, 2.05) is 24.4 Å². The summed E-state index contributed by atoms with van der Waals surface area (Å²) >= 11 is 3.42. The molecule has 0 spiro atoms. The normalized spacial score (nSPS) is 8.60. The van der Waals surface area contributed by atoms with E-state index in [2.05, 4.69) is 27.4 Å². The summed E-state index contributed by atoms with van der Waals surface area (Å²) < 4.78 is 3.26. The first-order valence-electron chi connectivity index (χ1n) is 2.98. The summed E-state index contributed by atoms with van der Waals surface area (Å²) in [7, 11) is 0. The number of rotatable bonds is 1. The topological polar surface area (TPSA) is 3.88 Å². The third kappa shape index (κ3) is 2.54. The van der Waals surface area contributed by atoms with Crippen molar-refractivity contribution in [3.05, 3.63) is 29.0 Å². The first kappa shape index (κ1) is 10.4. The summed E-state index contributed by atoms with van der Waals surface area (Å²) in [6.45, 7) is 3.13. The third-order valence-corrected chi connectivity index (χ3v) is 1.95. The van der Waals surface area contributed by atoms with Gasteiger partial charge in [-0.3, -0.25) is 0 Å². The highest BCUT2D eigenvalue weighted by Crippen LogP contribution is 1.99. The molecule has 0 amide bonds. The maximum absolute atomic E-state index is 3.42. The van der Waals surface area contributed by atoms with Crippen LogP contribution in [0.1, 0.15) is 6.92 Å². The van der Waals surface area contributed by atoms with E-state index in [0.29, 0.717) is 0 Å². The number of halogens is 2. The molecule has 0 aromatic carbocycles. The van der Waals surface area contributed by atoms with Crippen LogP contribution in [0.4, 0.5) is 0 Å². The lowest BCUT2D eigenvalue weighted by Gasteiger charge is -1.90. The van der Waals surface area contributed by atoms with Crippen LogP contribution in [0.3, 0.4) is 0 Å². The van der Waals surface area contributed by atoms with E-state index in [1.165, 1.54) is 0 Å². The third-order valence-electron chi connectivity index (χ3n) is 1.23. The first-order chi connectivity index (χ1) is 4.34. The fraction of sp³-hybridized carbons (Fsp3) is 0.286. The SMILES string of the molecule is CC[n+]1ccccc1Br.[I-]. The quantitative estimate of drug-likeness (QED) is 0.347. The first-order valence-corrected chi connectivity index (χ1v) is 3.78. The van der Waals surface area contributed by atoms with Crippen molar-refractivity contribution < 1.29 is 28.5 Å². The van der Waals surface area contributed by atoms with Gasteiger partial charge in [0.05, 0.1) is 0 Å². The van der Waals surface area contributed by atoms with Crippen molar-refractivity contribution in [3.63, 3.8) is 0 Å². The second kappa shape index (κ2) is 5.07. The zero-order valence-electron chi connectivity index (χ0n) is 5.72. The van der Waals surface area contributed by atoms with Gasteiger partial charge in [-0.05, 0) is 13.0 Å². The summed E-state index contributed by atoms with van der Waals surface area (Å²) in [5.74, 6) is 0.